The summed E-state index contributed by atoms with van der Waals surface area (Å²) < 4.78 is 5.07. The second-order valence-electron chi connectivity index (χ2n) is 5.18. The summed E-state index contributed by atoms with van der Waals surface area (Å²) in [7, 11) is 1.60. The highest BCUT2D eigenvalue weighted by molar-refractivity contribution is 5.81. The Balaban J connectivity index is 2.39. The smallest absolute Gasteiger partial charge is 0.315 e. The van der Waals surface area contributed by atoms with E-state index in [1.54, 1.807) is 14.0 Å². The van der Waals surface area contributed by atoms with E-state index in [4.69, 9.17) is 4.74 Å². The number of benzene rings is 1. The Morgan fingerprint density at radius 1 is 1.27 bits per heavy atom. The van der Waals surface area contributed by atoms with E-state index in [0.717, 1.165) is 11.3 Å². The lowest BCUT2D eigenvalue weighted by Gasteiger charge is -2.25. The van der Waals surface area contributed by atoms with Gasteiger partial charge in [-0.3, -0.25) is 0 Å². The third-order valence-corrected chi connectivity index (χ3v) is 3.61. The number of rotatable bonds is 8. The van der Waals surface area contributed by atoms with Gasteiger partial charge in [-0.1, -0.05) is 32.4 Å². The molecule has 2 amide bonds. The SMILES string of the molecule is CC[C@@H](C)[C@H](NC(=O)NCCc1ccc(OC)cc1)C(=O)[O-]. The molecule has 1 aromatic carbocycles. The fourth-order valence-electron chi connectivity index (χ4n) is 1.97. The van der Waals surface area contributed by atoms with Crippen molar-refractivity contribution in [3.8, 4) is 5.75 Å². The fraction of sp³-hybridized carbons (Fsp3) is 0.500. The molecule has 0 fully saturated rings. The first-order chi connectivity index (χ1) is 10.5. The monoisotopic (exact) mass is 307 g/mol. The topological polar surface area (TPSA) is 90.5 Å². The summed E-state index contributed by atoms with van der Waals surface area (Å²) in [6.07, 6.45) is 1.29. The van der Waals surface area contributed by atoms with Gasteiger partial charge in [0.2, 0.25) is 0 Å². The molecule has 6 nitrogen and oxygen atoms in total. The lowest BCUT2D eigenvalue weighted by molar-refractivity contribution is -0.309. The third kappa shape index (κ3) is 5.63. The summed E-state index contributed by atoms with van der Waals surface area (Å²) in [6, 6.07) is 6.06. The first-order valence-corrected chi connectivity index (χ1v) is 7.36. The molecular formula is C16H23N2O4-. The molecule has 2 N–H and O–H groups in total. The predicted molar refractivity (Wildman–Crippen MR) is 81.5 cm³/mol. The highest BCUT2D eigenvalue weighted by atomic mass is 16.5. The molecule has 1 aromatic rings. The van der Waals surface area contributed by atoms with Gasteiger partial charge in [-0.05, 0) is 30.0 Å². The van der Waals surface area contributed by atoms with E-state index >= 15 is 0 Å². The Morgan fingerprint density at radius 3 is 2.41 bits per heavy atom. The fourth-order valence-corrected chi connectivity index (χ4v) is 1.97. The van der Waals surface area contributed by atoms with Gasteiger partial charge in [-0.15, -0.1) is 0 Å². The maximum atomic E-state index is 11.7. The van der Waals surface area contributed by atoms with Crippen molar-refractivity contribution in [1.82, 2.24) is 10.6 Å². The zero-order chi connectivity index (χ0) is 16.5. The molecule has 0 unspecified atom stereocenters. The Morgan fingerprint density at radius 2 is 1.91 bits per heavy atom. The number of ether oxygens (including phenoxy) is 1. The molecule has 0 aliphatic heterocycles. The van der Waals surface area contributed by atoms with Crippen molar-refractivity contribution in [3.05, 3.63) is 29.8 Å². The van der Waals surface area contributed by atoms with Crippen molar-refractivity contribution in [2.24, 2.45) is 5.92 Å². The molecule has 0 aromatic heterocycles. The van der Waals surface area contributed by atoms with Crippen molar-refractivity contribution in [3.63, 3.8) is 0 Å². The number of carbonyl (C=O) groups excluding carboxylic acids is 2. The minimum Gasteiger partial charge on any atom is -0.548 e. The zero-order valence-electron chi connectivity index (χ0n) is 13.2. The number of amides is 2. The van der Waals surface area contributed by atoms with Crippen LogP contribution >= 0.6 is 0 Å². The highest BCUT2D eigenvalue weighted by Gasteiger charge is 2.18. The van der Waals surface area contributed by atoms with Crippen molar-refractivity contribution in [2.75, 3.05) is 13.7 Å². The molecule has 0 saturated carbocycles. The van der Waals surface area contributed by atoms with Crippen molar-refractivity contribution < 1.29 is 19.4 Å². The van der Waals surface area contributed by atoms with Crippen LogP contribution in [0.3, 0.4) is 0 Å². The Bertz CT molecular complexity index is 487. The van der Waals surface area contributed by atoms with Crippen molar-refractivity contribution >= 4 is 12.0 Å². The number of aliphatic carboxylic acids is 1. The van der Waals surface area contributed by atoms with Gasteiger partial charge >= 0.3 is 6.03 Å². The number of urea groups is 1. The van der Waals surface area contributed by atoms with E-state index in [-0.39, 0.29) is 5.92 Å². The minimum atomic E-state index is -1.26. The average molecular weight is 307 g/mol. The number of carboxylic acids is 1. The number of hydrogen-bond donors (Lipinski definition) is 2. The van der Waals surface area contributed by atoms with Gasteiger partial charge in [-0.2, -0.15) is 0 Å². The molecule has 0 bridgehead atoms. The second kappa shape index (κ2) is 8.92. The van der Waals surface area contributed by atoms with E-state index in [2.05, 4.69) is 10.6 Å². The van der Waals surface area contributed by atoms with Crippen LogP contribution in [-0.4, -0.2) is 31.7 Å². The number of methoxy groups -OCH3 is 1. The Kier molecular flexibility index (Phi) is 7.22. The van der Waals surface area contributed by atoms with E-state index in [1.807, 2.05) is 31.2 Å². The van der Waals surface area contributed by atoms with Gasteiger partial charge in [0.1, 0.15) is 5.75 Å². The molecule has 0 radical (unpaired) electrons. The number of carbonyl (C=O) groups is 2. The van der Waals surface area contributed by atoms with Crippen LogP contribution in [0.2, 0.25) is 0 Å². The van der Waals surface area contributed by atoms with Crippen LogP contribution in [0.15, 0.2) is 24.3 Å². The summed E-state index contributed by atoms with van der Waals surface area (Å²) in [5.41, 5.74) is 1.06. The van der Waals surface area contributed by atoms with E-state index < -0.39 is 18.0 Å². The third-order valence-electron chi connectivity index (χ3n) is 3.61. The number of hydrogen-bond acceptors (Lipinski definition) is 4. The maximum absolute atomic E-state index is 11.7. The van der Waals surface area contributed by atoms with Gasteiger partial charge in [0, 0.05) is 6.54 Å². The largest absolute Gasteiger partial charge is 0.548 e. The lowest BCUT2D eigenvalue weighted by atomic mass is 9.99. The summed E-state index contributed by atoms with van der Waals surface area (Å²) in [4.78, 5) is 22.8. The van der Waals surface area contributed by atoms with Gasteiger partial charge in [-0.25, -0.2) is 4.79 Å². The van der Waals surface area contributed by atoms with E-state index in [1.165, 1.54) is 0 Å². The molecule has 0 aliphatic rings. The van der Waals surface area contributed by atoms with Crippen molar-refractivity contribution in [1.29, 1.82) is 0 Å². The molecule has 122 valence electrons. The van der Waals surface area contributed by atoms with Crippen LogP contribution in [0.25, 0.3) is 0 Å². The molecular weight excluding hydrogens is 284 g/mol. The van der Waals surface area contributed by atoms with Gasteiger partial charge in [0.15, 0.2) is 0 Å². The summed E-state index contributed by atoms with van der Waals surface area (Å²) in [6.45, 7) is 4.04. The molecule has 0 aliphatic carbocycles. The Labute approximate surface area is 130 Å². The van der Waals surface area contributed by atoms with Gasteiger partial charge < -0.3 is 25.3 Å². The van der Waals surface area contributed by atoms with E-state index in [9.17, 15) is 14.7 Å². The molecule has 2 atom stereocenters. The lowest BCUT2D eigenvalue weighted by Crippen LogP contribution is -2.54. The molecule has 0 spiro atoms. The summed E-state index contributed by atoms with van der Waals surface area (Å²) in [5.74, 6) is -0.670. The minimum absolute atomic E-state index is 0.183. The van der Waals surface area contributed by atoms with Crippen LogP contribution in [0.1, 0.15) is 25.8 Å². The first kappa shape index (κ1) is 17.8. The molecule has 1 rings (SSSR count). The number of nitrogens with one attached hydrogen (secondary N) is 2. The maximum Gasteiger partial charge on any atom is 0.315 e. The van der Waals surface area contributed by atoms with Crippen molar-refractivity contribution in [2.45, 2.75) is 32.7 Å². The Hall–Kier alpha value is -2.24. The molecule has 0 heterocycles. The van der Waals surface area contributed by atoms with Gasteiger partial charge in [0.25, 0.3) is 0 Å². The quantitative estimate of drug-likeness (QED) is 0.740. The molecule has 0 saturated heterocycles. The van der Waals surface area contributed by atoms with Crippen LogP contribution in [0.4, 0.5) is 4.79 Å². The normalized spacial score (nSPS) is 13.0. The van der Waals surface area contributed by atoms with Crippen LogP contribution in [0.5, 0.6) is 5.75 Å². The van der Waals surface area contributed by atoms with E-state index in [0.29, 0.717) is 19.4 Å². The zero-order valence-corrected chi connectivity index (χ0v) is 13.2. The first-order valence-electron chi connectivity index (χ1n) is 7.36. The predicted octanol–water partition coefficient (Wildman–Crippen LogP) is 0.702. The van der Waals surface area contributed by atoms with Gasteiger partial charge in [0.05, 0.1) is 19.1 Å². The highest BCUT2D eigenvalue weighted by Crippen LogP contribution is 2.11. The van der Waals surface area contributed by atoms with Crippen LogP contribution in [0, 0.1) is 5.92 Å². The van der Waals surface area contributed by atoms with Crippen LogP contribution < -0.4 is 20.5 Å². The summed E-state index contributed by atoms with van der Waals surface area (Å²) in [5, 5.41) is 16.1. The summed E-state index contributed by atoms with van der Waals surface area (Å²) >= 11 is 0. The number of carboxylic acid groups (broad SMARTS) is 1. The molecule has 6 heteroatoms. The average Bonchev–Trinajstić information content (AvgIpc) is 2.52. The standard InChI is InChI=1S/C16H24N2O4/c1-4-11(2)14(15(19)20)18-16(21)17-10-9-12-5-7-13(22-3)8-6-12/h5-8,11,14H,4,9-10H2,1-3H3,(H,19,20)(H2,17,18,21)/p-1/t11-,14+/m1/s1. The molecule has 22 heavy (non-hydrogen) atoms. The second-order valence-corrected chi connectivity index (χ2v) is 5.18. The van der Waals surface area contributed by atoms with Crippen LogP contribution in [-0.2, 0) is 11.2 Å².